The van der Waals surface area contributed by atoms with Crippen molar-refractivity contribution in [3.8, 4) is 11.1 Å². The molecule has 1 fully saturated rings. The van der Waals surface area contributed by atoms with E-state index in [0.717, 1.165) is 40.4 Å². The van der Waals surface area contributed by atoms with Gasteiger partial charge in [-0.3, -0.25) is 4.68 Å². The molecule has 7 heteroatoms. The number of hydrogen-bond donors (Lipinski definition) is 1. The van der Waals surface area contributed by atoms with Crippen LogP contribution in [0.1, 0.15) is 38.4 Å². The number of anilines is 2. The fourth-order valence-electron chi connectivity index (χ4n) is 4.51. The molecule has 4 heterocycles. The summed E-state index contributed by atoms with van der Waals surface area (Å²) < 4.78 is 7.72. The summed E-state index contributed by atoms with van der Waals surface area (Å²) in [5, 5.41) is 5.62. The molecule has 0 spiro atoms. The van der Waals surface area contributed by atoms with Gasteiger partial charge in [-0.05, 0) is 69.3 Å². The zero-order valence-electron chi connectivity index (χ0n) is 19.2. The zero-order chi connectivity index (χ0) is 22.2. The fourth-order valence-corrected chi connectivity index (χ4v) is 5.29. The smallest absolute Gasteiger partial charge is 0.142 e. The van der Waals surface area contributed by atoms with Crippen LogP contribution in [0.5, 0.6) is 0 Å². The Labute approximate surface area is 193 Å². The van der Waals surface area contributed by atoms with Crippen molar-refractivity contribution in [1.29, 1.82) is 0 Å². The van der Waals surface area contributed by atoms with Crippen LogP contribution in [0.4, 0.5) is 11.4 Å². The number of hydrogen-bond acceptors (Lipinski definition) is 5. The first-order chi connectivity index (χ1) is 15.5. The molecule has 1 saturated heterocycles. The van der Waals surface area contributed by atoms with E-state index in [1.807, 2.05) is 31.0 Å². The minimum absolute atomic E-state index is 0.323. The normalized spacial score (nSPS) is 14.1. The molecule has 0 radical (unpaired) electrons. The minimum atomic E-state index is 0.323. The first-order valence-corrected chi connectivity index (χ1v) is 12.1. The lowest BCUT2D eigenvalue weighted by molar-refractivity contribution is 0.618. The van der Waals surface area contributed by atoms with Crippen molar-refractivity contribution < 1.29 is 0 Å². The number of pyridine rings is 1. The van der Waals surface area contributed by atoms with Crippen LogP contribution < -0.4 is 9.62 Å². The van der Waals surface area contributed by atoms with Crippen LogP contribution in [-0.4, -0.2) is 32.4 Å². The van der Waals surface area contributed by atoms with Gasteiger partial charge in [-0.15, -0.1) is 0 Å². The first-order valence-electron chi connectivity index (χ1n) is 11.3. The molecule has 3 aromatic heterocycles. The van der Waals surface area contributed by atoms with E-state index in [4.69, 9.17) is 4.98 Å². The first kappa shape index (κ1) is 20.9. The minimum Gasteiger partial charge on any atom is -0.372 e. The maximum Gasteiger partial charge on any atom is 0.142 e. The van der Waals surface area contributed by atoms with Crippen LogP contribution in [0.15, 0.2) is 53.8 Å². The lowest BCUT2D eigenvalue weighted by Crippen LogP contribution is -2.17. The number of fused-ring (bicyclic) bond motifs is 1. The lowest BCUT2D eigenvalue weighted by atomic mass is 10.0. The molecular weight excluding hydrogens is 416 g/mol. The molecule has 166 valence electrons. The molecule has 6 nitrogen and oxygen atoms in total. The van der Waals surface area contributed by atoms with Crippen molar-refractivity contribution in [2.75, 3.05) is 22.7 Å². The largest absolute Gasteiger partial charge is 0.372 e. The third-order valence-electron chi connectivity index (χ3n) is 6.14. The Morgan fingerprint density at radius 3 is 2.62 bits per heavy atom. The van der Waals surface area contributed by atoms with Crippen LogP contribution in [0.2, 0.25) is 0 Å². The molecular formula is C25H30N6S. The maximum atomic E-state index is 4.77. The van der Waals surface area contributed by atoms with Gasteiger partial charge in [0.05, 0.1) is 21.7 Å². The maximum absolute atomic E-state index is 4.77. The molecule has 32 heavy (non-hydrogen) atoms. The van der Waals surface area contributed by atoms with Crippen molar-refractivity contribution in [1.82, 2.24) is 19.3 Å². The number of aromatic nitrogens is 4. The number of benzene rings is 1. The van der Waals surface area contributed by atoms with E-state index in [2.05, 4.69) is 69.7 Å². The molecule has 1 N–H and O–H groups in total. The molecule has 0 aliphatic carbocycles. The summed E-state index contributed by atoms with van der Waals surface area (Å²) in [6, 6.07) is 11.4. The Morgan fingerprint density at radius 1 is 1.09 bits per heavy atom. The highest BCUT2D eigenvalue weighted by Gasteiger charge is 2.19. The second-order valence-electron chi connectivity index (χ2n) is 8.80. The van der Waals surface area contributed by atoms with Crippen molar-refractivity contribution in [2.24, 2.45) is 7.05 Å². The molecule has 1 aliphatic heterocycles. The topological polar surface area (TPSA) is 50.9 Å². The number of aryl methyl sites for hydroxylation is 2. The van der Waals surface area contributed by atoms with Gasteiger partial charge in [0.1, 0.15) is 5.65 Å². The average molecular weight is 447 g/mol. The highest BCUT2D eigenvalue weighted by Crippen LogP contribution is 2.39. The molecule has 1 aromatic carbocycles. The molecule has 1 aliphatic rings. The Bertz CT molecular complexity index is 1250. The van der Waals surface area contributed by atoms with Gasteiger partial charge in [-0.1, -0.05) is 12.1 Å². The molecule has 0 saturated carbocycles. The molecule has 0 bridgehead atoms. The van der Waals surface area contributed by atoms with E-state index < -0.39 is 0 Å². The molecule has 0 unspecified atom stereocenters. The average Bonchev–Trinajstić information content (AvgIpc) is 3.51. The third-order valence-corrected chi connectivity index (χ3v) is 7.08. The summed E-state index contributed by atoms with van der Waals surface area (Å²) in [7, 11) is 1.95. The van der Waals surface area contributed by atoms with E-state index in [1.165, 1.54) is 29.7 Å². The monoisotopic (exact) mass is 446 g/mol. The van der Waals surface area contributed by atoms with Gasteiger partial charge in [-0.25, -0.2) is 4.98 Å². The highest BCUT2D eigenvalue weighted by molar-refractivity contribution is 8.00. The SMILES string of the molecule is Cc1nn(C)cc1SNc1ccnc2c1c(-c1cccc(N3CCCC3)c1)cn2C(C)C. The highest BCUT2D eigenvalue weighted by atomic mass is 32.2. The quantitative estimate of drug-likeness (QED) is 0.366. The lowest BCUT2D eigenvalue weighted by Gasteiger charge is -2.18. The van der Waals surface area contributed by atoms with Crippen LogP contribution in [0.3, 0.4) is 0 Å². The van der Waals surface area contributed by atoms with Crippen molar-refractivity contribution in [3.63, 3.8) is 0 Å². The molecule has 4 aromatic rings. The van der Waals surface area contributed by atoms with Crippen LogP contribution in [0.25, 0.3) is 22.2 Å². The van der Waals surface area contributed by atoms with E-state index in [9.17, 15) is 0 Å². The summed E-state index contributed by atoms with van der Waals surface area (Å²) in [5.41, 5.74) is 6.86. The van der Waals surface area contributed by atoms with Crippen LogP contribution in [0, 0.1) is 6.92 Å². The molecule has 0 atom stereocenters. The fraction of sp³-hybridized carbons (Fsp3) is 0.360. The summed E-state index contributed by atoms with van der Waals surface area (Å²) in [4.78, 5) is 8.39. The standard InChI is InChI=1S/C25H30N6S/c1-17(2)31-15-21(19-8-7-9-20(14-19)30-12-5-6-13-30)24-22(10-11-26-25(24)31)28-32-23-16-29(4)27-18(23)3/h7-11,14-17H,5-6,12-13H2,1-4H3,(H,26,28). The summed E-state index contributed by atoms with van der Waals surface area (Å²) in [5.74, 6) is 0. The Kier molecular flexibility index (Phi) is 5.59. The predicted molar refractivity (Wildman–Crippen MR) is 134 cm³/mol. The summed E-state index contributed by atoms with van der Waals surface area (Å²) in [6.07, 6.45) is 8.76. The number of nitrogens with zero attached hydrogens (tertiary/aromatic N) is 5. The second kappa shape index (κ2) is 8.54. The summed E-state index contributed by atoms with van der Waals surface area (Å²) in [6.45, 7) is 8.74. The number of nitrogens with one attached hydrogen (secondary N) is 1. The van der Waals surface area contributed by atoms with Gasteiger partial charge in [0.25, 0.3) is 0 Å². The Balaban J connectivity index is 1.59. The van der Waals surface area contributed by atoms with Gasteiger partial charge in [0, 0.05) is 56.0 Å². The van der Waals surface area contributed by atoms with Crippen LogP contribution in [-0.2, 0) is 7.05 Å². The van der Waals surface area contributed by atoms with Gasteiger partial charge in [0.2, 0.25) is 0 Å². The second-order valence-corrected chi connectivity index (χ2v) is 9.65. The van der Waals surface area contributed by atoms with Crippen molar-refractivity contribution >= 4 is 34.4 Å². The Morgan fingerprint density at radius 2 is 1.91 bits per heavy atom. The van der Waals surface area contributed by atoms with E-state index in [1.54, 1.807) is 11.9 Å². The van der Waals surface area contributed by atoms with Gasteiger partial charge in [-0.2, -0.15) is 5.10 Å². The molecule has 5 rings (SSSR count). The van der Waals surface area contributed by atoms with E-state index in [-0.39, 0.29) is 0 Å². The van der Waals surface area contributed by atoms with Gasteiger partial charge >= 0.3 is 0 Å². The Hall–Kier alpha value is -2.93. The number of rotatable bonds is 6. The summed E-state index contributed by atoms with van der Waals surface area (Å²) >= 11 is 1.60. The molecule has 0 amide bonds. The van der Waals surface area contributed by atoms with Crippen molar-refractivity contribution in [3.05, 3.63) is 54.6 Å². The van der Waals surface area contributed by atoms with Crippen molar-refractivity contribution in [2.45, 2.75) is 44.6 Å². The van der Waals surface area contributed by atoms with Gasteiger partial charge < -0.3 is 14.2 Å². The zero-order valence-corrected chi connectivity index (χ0v) is 20.0. The van der Waals surface area contributed by atoms with E-state index in [0.29, 0.717) is 6.04 Å². The van der Waals surface area contributed by atoms with Gasteiger partial charge in [0.15, 0.2) is 0 Å². The van der Waals surface area contributed by atoms with Crippen LogP contribution >= 0.6 is 11.9 Å². The predicted octanol–water partition coefficient (Wildman–Crippen LogP) is 6.05. The third kappa shape index (κ3) is 3.86. The van der Waals surface area contributed by atoms with E-state index >= 15 is 0 Å².